The van der Waals surface area contributed by atoms with Crippen molar-refractivity contribution in [1.29, 1.82) is 0 Å². The molecule has 6 rings (SSSR count). The smallest absolute Gasteiger partial charge is 0.340 e. The fraction of sp³-hybridized carbons (Fsp3) is 0.320. The van der Waals surface area contributed by atoms with Gasteiger partial charge in [-0.25, -0.2) is 14.2 Å². The SMILES string of the molecule is COC(=O)c1cc(N2CCOCC2)cc2c1nc(C1(F)CC1)n2-c1ccnc2c(Cl)cccc12. The molecular formula is C25H22ClFN4O3. The molecule has 2 aromatic heterocycles. The molecule has 7 nitrogen and oxygen atoms in total. The average Bonchev–Trinajstić information content (AvgIpc) is 3.50. The van der Waals surface area contributed by atoms with E-state index < -0.39 is 11.6 Å². The summed E-state index contributed by atoms with van der Waals surface area (Å²) in [5, 5.41) is 1.28. The number of carbonyl (C=O) groups is 1. The molecule has 1 aliphatic heterocycles. The highest BCUT2D eigenvalue weighted by Crippen LogP contribution is 2.51. The summed E-state index contributed by atoms with van der Waals surface area (Å²) in [6.07, 6.45) is 2.41. The van der Waals surface area contributed by atoms with Crippen LogP contribution in [-0.2, 0) is 15.1 Å². The second kappa shape index (κ2) is 7.92. The quantitative estimate of drug-likeness (QED) is 0.390. The summed E-state index contributed by atoms with van der Waals surface area (Å²) in [6.45, 7) is 2.57. The number of esters is 1. The number of benzene rings is 2. The number of pyridine rings is 1. The Kier molecular flexibility index (Phi) is 4.97. The van der Waals surface area contributed by atoms with Gasteiger partial charge in [0.2, 0.25) is 0 Å². The molecule has 34 heavy (non-hydrogen) atoms. The number of imidazole rings is 1. The summed E-state index contributed by atoms with van der Waals surface area (Å²) in [4.78, 5) is 24.1. The van der Waals surface area contributed by atoms with Gasteiger partial charge in [-0.1, -0.05) is 23.7 Å². The molecule has 1 aliphatic carbocycles. The highest BCUT2D eigenvalue weighted by molar-refractivity contribution is 6.35. The van der Waals surface area contributed by atoms with E-state index in [1.54, 1.807) is 18.3 Å². The number of hydrogen-bond donors (Lipinski definition) is 0. The minimum atomic E-state index is -1.56. The van der Waals surface area contributed by atoms with Crippen LogP contribution in [0.3, 0.4) is 0 Å². The largest absolute Gasteiger partial charge is 0.465 e. The van der Waals surface area contributed by atoms with Crippen molar-refractivity contribution >= 4 is 45.2 Å². The first kappa shape index (κ1) is 21.3. The Bertz CT molecular complexity index is 1440. The Morgan fingerprint density at radius 1 is 1.18 bits per heavy atom. The molecule has 2 aromatic carbocycles. The van der Waals surface area contributed by atoms with Gasteiger partial charge in [0.05, 0.1) is 47.6 Å². The molecule has 2 aliphatic rings. The maximum atomic E-state index is 15.7. The van der Waals surface area contributed by atoms with Gasteiger partial charge in [0, 0.05) is 30.4 Å². The third-order valence-corrected chi connectivity index (χ3v) is 6.86. The van der Waals surface area contributed by atoms with Crippen molar-refractivity contribution in [3.63, 3.8) is 0 Å². The predicted molar refractivity (Wildman–Crippen MR) is 128 cm³/mol. The Balaban J connectivity index is 1.69. The fourth-order valence-electron chi connectivity index (χ4n) is 4.63. The maximum absolute atomic E-state index is 15.7. The van der Waals surface area contributed by atoms with E-state index in [2.05, 4.69) is 9.88 Å². The number of morpholine rings is 1. The lowest BCUT2D eigenvalue weighted by atomic mass is 10.1. The number of fused-ring (bicyclic) bond motifs is 2. The first-order valence-electron chi connectivity index (χ1n) is 11.2. The number of rotatable bonds is 4. The van der Waals surface area contributed by atoms with Crippen LogP contribution in [0.25, 0.3) is 27.6 Å². The lowest BCUT2D eigenvalue weighted by molar-refractivity contribution is 0.0602. The Morgan fingerprint density at radius 2 is 1.97 bits per heavy atom. The molecular weight excluding hydrogens is 459 g/mol. The van der Waals surface area contributed by atoms with Crippen molar-refractivity contribution in [2.75, 3.05) is 38.3 Å². The summed E-state index contributed by atoms with van der Waals surface area (Å²) >= 11 is 6.42. The van der Waals surface area contributed by atoms with Crippen LogP contribution < -0.4 is 4.90 Å². The summed E-state index contributed by atoms with van der Waals surface area (Å²) in [5.41, 5.74) is 1.97. The number of methoxy groups -OCH3 is 1. The van der Waals surface area contributed by atoms with E-state index in [1.165, 1.54) is 7.11 Å². The minimum Gasteiger partial charge on any atom is -0.465 e. The van der Waals surface area contributed by atoms with E-state index >= 15 is 4.39 Å². The lowest BCUT2D eigenvalue weighted by Crippen LogP contribution is -2.36. The number of anilines is 1. The molecule has 3 heterocycles. The van der Waals surface area contributed by atoms with E-state index in [0.717, 1.165) is 11.1 Å². The van der Waals surface area contributed by atoms with Crippen molar-refractivity contribution in [3.8, 4) is 5.69 Å². The van der Waals surface area contributed by atoms with Gasteiger partial charge < -0.3 is 14.4 Å². The summed E-state index contributed by atoms with van der Waals surface area (Å²) < 4.78 is 28.1. The van der Waals surface area contributed by atoms with Crippen LogP contribution >= 0.6 is 11.6 Å². The monoisotopic (exact) mass is 480 g/mol. The first-order valence-corrected chi connectivity index (χ1v) is 11.6. The van der Waals surface area contributed by atoms with Gasteiger partial charge in [-0.05, 0) is 37.1 Å². The number of aromatic nitrogens is 3. The Labute approximate surface area is 200 Å². The molecule has 0 unspecified atom stereocenters. The third-order valence-electron chi connectivity index (χ3n) is 6.56. The number of hydrogen-bond acceptors (Lipinski definition) is 6. The highest BCUT2D eigenvalue weighted by Gasteiger charge is 2.50. The maximum Gasteiger partial charge on any atom is 0.340 e. The number of alkyl halides is 1. The van der Waals surface area contributed by atoms with Crippen molar-refractivity contribution in [3.05, 3.63) is 59.0 Å². The van der Waals surface area contributed by atoms with Gasteiger partial charge in [-0.3, -0.25) is 9.55 Å². The van der Waals surface area contributed by atoms with Crippen LogP contribution in [0.2, 0.25) is 5.02 Å². The van der Waals surface area contributed by atoms with Crippen LogP contribution in [0.4, 0.5) is 10.1 Å². The van der Waals surface area contributed by atoms with Crippen LogP contribution in [0.5, 0.6) is 0 Å². The number of ether oxygens (including phenoxy) is 2. The molecule has 0 amide bonds. The van der Waals surface area contributed by atoms with Gasteiger partial charge in [0.15, 0.2) is 11.5 Å². The van der Waals surface area contributed by atoms with Crippen molar-refractivity contribution in [2.45, 2.75) is 18.5 Å². The molecule has 1 saturated carbocycles. The van der Waals surface area contributed by atoms with Crippen molar-refractivity contribution in [1.82, 2.24) is 14.5 Å². The summed E-state index contributed by atoms with van der Waals surface area (Å²) in [6, 6.07) is 11.1. The lowest BCUT2D eigenvalue weighted by Gasteiger charge is -2.29. The standard InChI is InChI=1S/C25H22ClFN4O3/c1-33-23(32)17-13-15(30-9-11-34-12-10-30)14-20-22(17)29-24(25(27)6-7-25)31(20)19-5-8-28-21-16(19)3-2-4-18(21)26/h2-5,8,13-14H,6-7,9-12H2,1H3. The van der Waals surface area contributed by atoms with Crippen molar-refractivity contribution in [2.24, 2.45) is 0 Å². The molecule has 0 spiro atoms. The van der Waals surface area contributed by atoms with Gasteiger partial charge >= 0.3 is 5.97 Å². The van der Waals surface area contributed by atoms with E-state index in [4.69, 9.17) is 26.1 Å². The molecule has 0 radical (unpaired) electrons. The zero-order valence-electron chi connectivity index (χ0n) is 18.6. The molecule has 0 bridgehead atoms. The number of nitrogens with zero attached hydrogens (tertiary/aromatic N) is 4. The molecule has 0 N–H and O–H groups in total. The first-order chi connectivity index (χ1) is 16.5. The molecule has 9 heteroatoms. The van der Waals surface area contributed by atoms with Gasteiger partial charge in [0.25, 0.3) is 0 Å². The fourth-order valence-corrected chi connectivity index (χ4v) is 4.85. The van der Waals surface area contributed by atoms with E-state index in [0.29, 0.717) is 72.0 Å². The molecule has 2 fully saturated rings. The van der Waals surface area contributed by atoms with Crippen LogP contribution in [-0.4, -0.2) is 53.9 Å². The summed E-state index contributed by atoms with van der Waals surface area (Å²) in [5.74, 6) is -0.234. The predicted octanol–water partition coefficient (Wildman–Crippen LogP) is 4.81. The summed E-state index contributed by atoms with van der Waals surface area (Å²) in [7, 11) is 1.34. The topological polar surface area (TPSA) is 69.5 Å². The van der Waals surface area contributed by atoms with Crippen LogP contribution in [0.1, 0.15) is 29.0 Å². The molecule has 0 atom stereocenters. The average molecular weight is 481 g/mol. The molecule has 174 valence electrons. The number of para-hydroxylation sites is 1. The molecule has 1 saturated heterocycles. The normalized spacial score (nSPS) is 17.3. The van der Waals surface area contributed by atoms with E-state index in [1.807, 2.05) is 28.8 Å². The zero-order valence-corrected chi connectivity index (χ0v) is 19.3. The highest BCUT2D eigenvalue weighted by atomic mass is 35.5. The molecule has 4 aromatic rings. The van der Waals surface area contributed by atoms with Crippen LogP contribution in [0.15, 0.2) is 42.6 Å². The zero-order chi connectivity index (χ0) is 23.4. The third kappa shape index (κ3) is 3.32. The van der Waals surface area contributed by atoms with Crippen LogP contribution in [0, 0.1) is 0 Å². The van der Waals surface area contributed by atoms with Gasteiger partial charge in [-0.2, -0.15) is 0 Å². The Morgan fingerprint density at radius 3 is 2.71 bits per heavy atom. The number of halogens is 2. The second-order valence-corrected chi connectivity index (χ2v) is 9.06. The van der Waals surface area contributed by atoms with Crippen molar-refractivity contribution < 1.29 is 18.7 Å². The van der Waals surface area contributed by atoms with E-state index in [-0.39, 0.29) is 5.82 Å². The van der Waals surface area contributed by atoms with Gasteiger partial charge in [-0.15, -0.1) is 0 Å². The Hall–Kier alpha value is -3.23. The number of carbonyl (C=O) groups excluding carboxylic acids is 1. The minimum absolute atomic E-state index is 0.277. The van der Waals surface area contributed by atoms with Gasteiger partial charge in [0.1, 0.15) is 5.52 Å². The van der Waals surface area contributed by atoms with E-state index in [9.17, 15) is 4.79 Å². The second-order valence-electron chi connectivity index (χ2n) is 8.65.